The minimum absolute atomic E-state index is 0.189. The number of carbonyl (C=O) groups is 1. The average molecular weight is 476 g/mol. The number of rotatable bonds is 5. The number of aryl methyl sites for hydroxylation is 1. The third-order valence-corrected chi connectivity index (χ3v) is 6.52. The molecule has 0 spiro atoms. The summed E-state index contributed by atoms with van der Waals surface area (Å²) in [5.41, 5.74) is 2.82. The second-order valence-electron chi connectivity index (χ2n) is 8.99. The van der Waals surface area contributed by atoms with Crippen LogP contribution in [-0.2, 0) is 10.2 Å². The molecule has 8 nitrogen and oxygen atoms in total. The topological polar surface area (TPSA) is 83.2 Å². The number of amides is 1. The number of aliphatic imine (C=N–C) groups is 1. The Kier molecular flexibility index (Phi) is 5.64. The molecule has 0 radical (unpaired) electrons. The van der Waals surface area contributed by atoms with Crippen molar-refractivity contribution in [1.29, 1.82) is 0 Å². The summed E-state index contributed by atoms with van der Waals surface area (Å²) in [5, 5.41) is 10.3. The van der Waals surface area contributed by atoms with Gasteiger partial charge in [-0.05, 0) is 48.4 Å². The molecule has 1 unspecified atom stereocenters. The van der Waals surface area contributed by atoms with Gasteiger partial charge in [-0.2, -0.15) is 0 Å². The number of aromatic nitrogens is 2. The molecule has 2 aromatic carbocycles. The van der Waals surface area contributed by atoms with E-state index in [9.17, 15) is 14.3 Å². The van der Waals surface area contributed by atoms with Gasteiger partial charge in [0.1, 0.15) is 17.3 Å². The van der Waals surface area contributed by atoms with Gasteiger partial charge in [0, 0.05) is 26.3 Å². The molecule has 3 aromatic rings. The molecule has 9 heteroatoms. The number of imidazole rings is 1. The van der Waals surface area contributed by atoms with Crippen LogP contribution in [0.4, 0.5) is 4.39 Å². The van der Waals surface area contributed by atoms with Crippen molar-refractivity contribution < 1.29 is 19.0 Å². The predicted octanol–water partition coefficient (Wildman–Crippen LogP) is 2.74. The zero-order valence-electron chi connectivity index (χ0n) is 19.8. The van der Waals surface area contributed by atoms with Gasteiger partial charge in [-0.15, -0.1) is 0 Å². The molecule has 1 amide bonds. The van der Waals surface area contributed by atoms with Crippen LogP contribution < -0.4 is 4.74 Å². The number of halogens is 1. The van der Waals surface area contributed by atoms with Crippen LogP contribution in [-0.4, -0.2) is 70.2 Å². The highest BCUT2D eigenvalue weighted by Gasteiger charge is 2.46. The van der Waals surface area contributed by atoms with Crippen LogP contribution in [0, 0.1) is 12.7 Å². The first-order valence-electron chi connectivity index (χ1n) is 11.2. The fraction of sp³-hybridized carbons (Fsp3) is 0.269. The number of nitrogens with zero attached hydrogens (tertiary/aromatic N) is 5. The molecule has 0 bridgehead atoms. The highest BCUT2D eigenvalue weighted by molar-refractivity contribution is 6.14. The Morgan fingerprint density at radius 2 is 1.97 bits per heavy atom. The number of likely N-dealkylation sites (N-methyl/N-ethyl adjacent to an activating group) is 1. The van der Waals surface area contributed by atoms with Crippen LogP contribution >= 0.6 is 0 Å². The van der Waals surface area contributed by atoms with E-state index in [4.69, 9.17) is 4.74 Å². The predicted molar refractivity (Wildman–Crippen MR) is 130 cm³/mol. The van der Waals surface area contributed by atoms with E-state index in [-0.39, 0.29) is 24.9 Å². The molecule has 35 heavy (non-hydrogen) atoms. The quantitative estimate of drug-likeness (QED) is 0.574. The Morgan fingerprint density at radius 1 is 1.20 bits per heavy atom. The van der Waals surface area contributed by atoms with Crippen molar-refractivity contribution in [3.05, 3.63) is 83.3 Å². The summed E-state index contributed by atoms with van der Waals surface area (Å²) in [5.74, 6) is 0.574. The van der Waals surface area contributed by atoms with Gasteiger partial charge in [0.2, 0.25) is 5.96 Å². The number of aliphatic hydroxyl groups excluding tert-OH is 1. The lowest BCUT2D eigenvalue weighted by Gasteiger charge is -2.45. The smallest absolute Gasteiger partial charge is 0.279 e. The van der Waals surface area contributed by atoms with Crippen LogP contribution in [0.15, 0.2) is 65.7 Å². The van der Waals surface area contributed by atoms with E-state index in [2.05, 4.69) is 9.98 Å². The summed E-state index contributed by atoms with van der Waals surface area (Å²) in [7, 11) is 3.43. The van der Waals surface area contributed by atoms with Crippen molar-refractivity contribution in [1.82, 2.24) is 19.4 Å². The molecular weight excluding hydrogens is 449 g/mol. The van der Waals surface area contributed by atoms with Crippen LogP contribution in [0.1, 0.15) is 16.8 Å². The number of fused-ring (bicyclic) bond motifs is 1. The molecule has 5 rings (SSSR count). The second-order valence-corrected chi connectivity index (χ2v) is 8.99. The van der Waals surface area contributed by atoms with Gasteiger partial charge in [-0.3, -0.25) is 9.69 Å². The minimum atomic E-state index is -0.750. The maximum atomic E-state index is 13.5. The molecule has 2 aliphatic rings. The molecule has 2 aliphatic heterocycles. The number of carbonyl (C=O) groups excluding carboxylic acids is 1. The van der Waals surface area contributed by atoms with Crippen LogP contribution in [0.5, 0.6) is 5.75 Å². The van der Waals surface area contributed by atoms with Crippen molar-refractivity contribution >= 4 is 17.9 Å². The van der Waals surface area contributed by atoms with Gasteiger partial charge in [0.15, 0.2) is 0 Å². The number of benzene rings is 2. The van der Waals surface area contributed by atoms with Gasteiger partial charge < -0.3 is 19.3 Å². The number of hydrogen-bond acceptors (Lipinski definition) is 6. The first-order valence-corrected chi connectivity index (χ1v) is 11.2. The number of ether oxygens (including phenoxy) is 1. The largest absolute Gasteiger partial charge is 0.495 e. The van der Waals surface area contributed by atoms with E-state index in [1.807, 2.05) is 47.8 Å². The molecule has 1 aromatic heterocycles. The monoisotopic (exact) mass is 475 g/mol. The highest BCUT2D eigenvalue weighted by atomic mass is 19.1. The van der Waals surface area contributed by atoms with E-state index >= 15 is 0 Å². The molecule has 1 atom stereocenters. The summed E-state index contributed by atoms with van der Waals surface area (Å²) >= 11 is 0. The lowest BCUT2D eigenvalue weighted by molar-refractivity contribution is -0.124. The maximum absolute atomic E-state index is 13.5. The molecule has 180 valence electrons. The summed E-state index contributed by atoms with van der Waals surface area (Å²) in [6.07, 6.45) is 5.36. The van der Waals surface area contributed by atoms with E-state index in [1.54, 1.807) is 36.5 Å². The van der Waals surface area contributed by atoms with Gasteiger partial charge >= 0.3 is 0 Å². The molecule has 3 heterocycles. The lowest BCUT2D eigenvalue weighted by atomic mass is 9.79. The van der Waals surface area contributed by atoms with Gasteiger partial charge in [-0.1, -0.05) is 18.2 Å². The maximum Gasteiger partial charge on any atom is 0.279 e. The van der Waals surface area contributed by atoms with E-state index in [1.165, 1.54) is 12.1 Å². The number of hydrogen-bond donors (Lipinski definition) is 1. The number of methoxy groups -OCH3 is 1. The zero-order chi connectivity index (χ0) is 24.7. The van der Waals surface area contributed by atoms with Crippen molar-refractivity contribution in [2.45, 2.75) is 12.3 Å². The third-order valence-electron chi connectivity index (χ3n) is 6.52. The fourth-order valence-corrected chi connectivity index (χ4v) is 4.74. The van der Waals surface area contributed by atoms with E-state index in [0.717, 1.165) is 22.5 Å². The highest BCUT2D eigenvalue weighted by Crippen LogP contribution is 2.34. The Morgan fingerprint density at radius 3 is 2.63 bits per heavy atom. The molecule has 1 saturated heterocycles. The fourth-order valence-electron chi connectivity index (χ4n) is 4.74. The Hall–Kier alpha value is -3.98. The van der Waals surface area contributed by atoms with Crippen LogP contribution in [0.25, 0.3) is 11.8 Å². The molecule has 0 saturated carbocycles. The van der Waals surface area contributed by atoms with Crippen molar-refractivity contribution in [2.24, 2.45) is 4.99 Å². The van der Waals surface area contributed by atoms with Gasteiger partial charge in [0.05, 0.1) is 36.8 Å². The Bertz CT molecular complexity index is 1350. The molecule has 1 fully saturated rings. The Labute approximate surface area is 202 Å². The second kappa shape index (κ2) is 8.66. The van der Waals surface area contributed by atoms with E-state index in [0.29, 0.717) is 24.0 Å². The SMILES string of the molecule is COc1cc(/C=C2\N=C3N(C)CC(CO)(c4ccc(F)cc4)CN3C2=O)ccc1-n1cnc(C)c1. The normalized spacial score (nSPS) is 20.9. The van der Waals surface area contributed by atoms with Crippen molar-refractivity contribution in [3.63, 3.8) is 0 Å². The van der Waals surface area contributed by atoms with Crippen LogP contribution in [0.3, 0.4) is 0 Å². The summed E-state index contributed by atoms with van der Waals surface area (Å²) in [4.78, 5) is 25.6. The Balaban J connectivity index is 1.45. The lowest BCUT2D eigenvalue weighted by Crippen LogP contribution is -2.61. The summed E-state index contributed by atoms with van der Waals surface area (Å²) in [6.45, 7) is 2.42. The van der Waals surface area contributed by atoms with Gasteiger partial charge in [-0.25, -0.2) is 14.4 Å². The number of guanidine groups is 1. The first kappa shape index (κ1) is 22.8. The summed E-state index contributed by atoms with van der Waals surface area (Å²) < 4.78 is 21.0. The standard InChI is InChI=1S/C26H26FN5O3/c1-17-12-31(16-28-17)22-9-4-18(11-23(22)35-3)10-21-24(34)32-14-26(15-33,13-30(2)25(32)29-21)19-5-7-20(27)8-6-19/h4-12,16,33H,13-15H2,1-3H3/b21-10-. The average Bonchev–Trinajstić information content (AvgIpc) is 3.43. The van der Waals surface area contributed by atoms with Gasteiger partial charge in [0.25, 0.3) is 5.91 Å². The number of aliphatic hydroxyl groups is 1. The molecule has 0 aliphatic carbocycles. The molecule has 1 N–H and O–H groups in total. The van der Waals surface area contributed by atoms with E-state index < -0.39 is 5.41 Å². The summed E-state index contributed by atoms with van der Waals surface area (Å²) in [6, 6.07) is 11.7. The minimum Gasteiger partial charge on any atom is -0.495 e. The van der Waals surface area contributed by atoms with Crippen molar-refractivity contribution in [2.75, 3.05) is 33.9 Å². The molecular formula is C26H26FN5O3. The first-order chi connectivity index (χ1) is 16.8. The zero-order valence-corrected chi connectivity index (χ0v) is 19.8. The third kappa shape index (κ3) is 3.97. The van der Waals surface area contributed by atoms with Crippen molar-refractivity contribution in [3.8, 4) is 11.4 Å². The van der Waals surface area contributed by atoms with Crippen LogP contribution in [0.2, 0.25) is 0 Å².